The third-order valence-electron chi connectivity index (χ3n) is 8.84. The number of halogens is 13. The summed E-state index contributed by atoms with van der Waals surface area (Å²) in [4.78, 5) is 58.4. The zero-order valence-corrected chi connectivity index (χ0v) is 44.8. The summed E-state index contributed by atoms with van der Waals surface area (Å²) < 4.78 is 152. The highest BCUT2D eigenvalue weighted by atomic mass is 79.9. The first kappa shape index (κ1) is 64.6. The number of aromatic carboxylic acids is 2. The average molecular weight is 1250 g/mol. The van der Waals surface area contributed by atoms with E-state index in [1.165, 1.54) is 76.0 Å². The lowest BCUT2D eigenvalue weighted by molar-refractivity contribution is 0.0679. The van der Waals surface area contributed by atoms with Crippen molar-refractivity contribution >= 4 is 93.0 Å². The monoisotopic (exact) mass is 1250 g/mol. The SMILES string of the molecule is CN(C)C(=O)c1cc(Br)cc(F)c1F.CN(C)C(=O)c1cc(S(=O)(=O)Cl)cc(F)c1F.CN(C)C(=O)c1cc(SCc2ccccc2)cc(F)c1F.O=C(O)c1cc(Br)cc(F)c1F.O=C(O)c1cccc(F)c1F. The molecule has 12 nitrogen and oxygen atoms in total. The number of hydrogen-bond acceptors (Lipinski definition) is 8. The molecule has 6 aromatic carbocycles. The Bertz CT molecular complexity index is 3200. The molecule has 75 heavy (non-hydrogen) atoms. The van der Waals surface area contributed by atoms with E-state index in [9.17, 15) is 76.3 Å². The van der Waals surface area contributed by atoms with Crippen molar-refractivity contribution in [2.45, 2.75) is 15.5 Å². The van der Waals surface area contributed by atoms with Gasteiger partial charge in [-0.2, -0.15) is 0 Å². The lowest BCUT2D eigenvalue weighted by Gasteiger charge is -2.12. The number of carboxylic acid groups (broad SMARTS) is 2. The van der Waals surface area contributed by atoms with Gasteiger partial charge >= 0.3 is 11.9 Å². The second-order valence-electron chi connectivity index (χ2n) is 15.1. The molecular weight excluding hydrogens is 1210 g/mol. The van der Waals surface area contributed by atoms with Crippen molar-refractivity contribution in [1.82, 2.24) is 14.7 Å². The molecule has 6 rings (SSSR count). The molecule has 0 spiro atoms. The number of rotatable bonds is 9. The fourth-order valence-corrected chi connectivity index (χ4v) is 7.76. The zero-order chi connectivity index (χ0) is 57.4. The van der Waals surface area contributed by atoms with E-state index < -0.39 is 118 Å². The van der Waals surface area contributed by atoms with Crippen LogP contribution in [0, 0.1) is 58.2 Å². The van der Waals surface area contributed by atoms with E-state index in [1.807, 2.05) is 30.3 Å². The van der Waals surface area contributed by atoms with Crippen LogP contribution in [0.3, 0.4) is 0 Å². The minimum atomic E-state index is -4.23. The van der Waals surface area contributed by atoms with Crippen molar-refractivity contribution in [3.63, 3.8) is 0 Å². The van der Waals surface area contributed by atoms with Gasteiger partial charge in [0.05, 0.1) is 32.7 Å². The first-order chi connectivity index (χ1) is 34.7. The summed E-state index contributed by atoms with van der Waals surface area (Å²) in [5, 5.41) is 16.7. The van der Waals surface area contributed by atoms with Crippen LogP contribution in [0.15, 0.2) is 116 Å². The normalized spacial score (nSPS) is 10.4. The Morgan fingerprint density at radius 3 is 1.27 bits per heavy atom. The van der Waals surface area contributed by atoms with Crippen molar-refractivity contribution in [3.8, 4) is 0 Å². The van der Waals surface area contributed by atoms with Crippen LogP contribution in [-0.2, 0) is 14.8 Å². The zero-order valence-electron chi connectivity index (χ0n) is 39.3. The second kappa shape index (κ2) is 29.0. The maximum absolute atomic E-state index is 13.7. The maximum atomic E-state index is 13.7. The fraction of sp³-hybridized carbons (Fsp3) is 0.146. The summed E-state index contributed by atoms with van der Waals surface area (Å²) in [6.07, 6.45) is 0. The molecule has 0 heterocycles. The molecule has 0 saturated heterocycles. The fourth-order valence-electron chi connectivity index (χ4n) is 5.22. The summed E-state index contributed by atoms with van der Waals surface area (Å²) in [6, 6.07) is 20.4. The first-order valence-electron chi connectivity index (χ1n) is 20.2. The predicted octanol–water partition coefficient (Wildman–Crippen LogP) is 12.1. The Morgan fingerprint density at radius 1 is 0.480 bits per heavy atom. The van der Waals surface area contributed by atoms with Gasteiger partial charge in [0.2, 0.25) is 0 Å². The molecule has 0 aliphatic heterocycles. The van der Waals surface area contributed by atoms with E-state index >= 15 is 0 Å². The molecule has 0 aliphatic carbocycles. The van der Waals surface area contributed by atoms with Crippen LogP contribution in [-0.4, -0.2) is 105 Å². The number of hydrogen-bond donors (Lipinski definition) is 2. The number of thioether (sulfide) groups is 1. The minimum absolute atomic E-state index is 0.193. The van der Waals surface area contributed by atoms with Crippen LogP contribution < -0.4 is 0 Å². The Labute approximate surface area is 447 Å². The van der Waals surface area contributed by atoms with E-state index in [1.54, 1.807) is 0 Å². The van der Waals surface area contributed by atoms with Gasteiger partial charge in [0.25, 0.3) is 26.8 Å². The first-order valence-corrected chi connectivity index (χ1v) is 25.0. The van der Waals surface area contributed by atoms with Gasteiger partial charge in [-0.25, -0.2) is 61.9 Å². The number of benzene rings is 6. The van der Waals surface area contributed by atoms with E-state index in [2.05, 4.69) is 31.9 Å². The molecular formula is C48H38Br2ClF10N3O9S2. The summed E-state index contributed by atoms with van der Waals surface area (Å²) in [5.74, 6) is -16.4. The van der Waals surface area contributed by atoms with Crippen LogP contribution in [0.1, 0.15) is 57.4 Å². The Morgan fingerprint density at radius 2 is 0.853 bits per heavy atom. The quantitative estimate of drug-likeness (QED) is 0.0615. The molecule has 27 heteroatoms. The molecule has 3 amide bonds. The van der Waals surface area contributed by atoms with E-state index in [0.717, 1.165) is 52.9 Å². The summed E-state index contributed by atoms with van der Waals surface area (Å²) in [5.41, 5.74) is -1.45. The number of carbonyl (C=O) groups excluding carboxylic acids is 3. The van der Waals surface area contributed by atoms with Crippen molar-refractivity contribution in [2.24, 2.45) is 0 Å². The predicted molar refractivity (Wildman–Crippen MR) is 264 cm³/mol. The van der Waals surface area contributed by atoms with Crippen LogP contribution >= 0.6 is 54.3 Å². The Balaban J connectivity index is 0.000000327. The molecule has 6 aromatic rings. The van der Waals surface area contributed by atoms with Gasteiger partial charge in [-0.05, 0) is 66.2 Å². The summed E-state index contributed by atoms with van der Waals surface area (Å²) in [7, 11) is 9.36. The standard InChI is InChI=1S/C16H15F2NOS.C9H8BrF2NO.C9H8ClF2NO3S.C7H3BrF2O2.C7H4F2O2/c1-19(2)16(20)13-8-12(9-14(17)15(13)18)21-10-11-6-4-3-5-7-11;1-13(2)9(14)6-3-5(10)4-7(11)8(6)12;1-13(2)9(14)6-3-5(17(10,15)16)4-7(11)8(6)12;8-3-1-4(7(11)12)6(10)5(9)2-3;8-5-3-1-2-4(6(5)9)7(10)11/h3-9H,10H2,1-2H3;3-4H,1-2H3;3-4H,1-2H3;1-2H,(H,11,12);1-3H,(H,10,11). The van der Waals surface area contributed by atoms with Crippen molar-refractivity contribution in [1.29, 1.82) is 0 Å². The van der Waals surface area contributed by atoms with Crippen LogP contribution in [0.25, 0.3) is 0 Å². The molecule has 0 saturated carbocycles. The molecule has 0 aromatic heterocycles. The molecule has 0 radical (unpaired) electrons. The van der Waals surface area contributed by atoms with Crippen LogP contribution in [0.4, 0.5) is 43.9 Å². The van der Waals surface area contributed by atoms with Crippen LogP contribution in [0.5, 0.6) is 0 Å². The highest BCUT2D eigenvalue weighted by molar-refractivity contribution is 9.10. The molecule has 2 N–H and O–H groups in total. The van der Waals surface area contributed by atoms with Crippen molar-refractivity contribution < 1.29 is 86.5 Å². The lowest BCUT2D eigenvalue weighted by Crippen LogP contribution is -2.23. The smallest absolute Gasteiger partial charge is 0.338 e. The number of carboxylic acids is 2. The molecule has 0 fully saturated rings. The number of carbonyl (C=O) groups is 5. The van der Waals surface area contributed by atoms with Crippen molar-refractivity contribution in [2.75, 3.05) is 42.3 Å². The third kappa shape index (κ3) is 19.3. The average Bonchev–Trinajstić information content (AvgIpc) is 3.33. The van der Waals surface area contributed by atoms with Gasteiger partial charge in [-0.3, -0.25) is 14.4 Å². The highest BCUT2D eigenvalue weighted by Gasteiger charge is 2.24. The number of nitrogens with zero attached hydrogens (tertiary/aromatic N) is 3. The van der Waals surface area contributed by atoms with Crippen molar-refractivity contribution in [3.05, 3.63) is 198 Å². The highest BCUT2D eigenvalue weighted by Crippen LogP contribution is 2.28. The van der Waals surface area contributed by atoms with Crippen LogP contribution in [0.2, 0.25) is 0 Å². The largest absolute Gasteiger partial charge is 0.478 e. The minimum Gasteiger partial charge on any atom is -0.478 e. The maximum Gasteiger partial charge on any atom is 0.338 e. The molecule has 0 aliphatic rings. The van der Waals surface area contributed by atoms with E-state index in [-0.39, 0.29) is 15.6 Å². The Kier molecular flexibility index (Phi) is 25.0. The summed E-state index contributed by atoms with van der Waals surface area (Å²) in [6.45, 7) is 0. The summed E-state index contributed by atoms with van der Waals surface area (Å²) >= 11 is 7.19. The van der Waals surface area contributed by atoms with Gasteiger partial charge in [0.1, 0.15) is 0 Å². The van der Waals surface area contributed by atoms with Gasteiger partial charge < -0.3 is 24.9 Å². The molecule has 0 unspecified atom stereocenters. The number of amides is 3. The topological polar surface area (TPSA) is 170 Å². The second-order valence-corrected chi connectivity index (χ2v) is 20.5. The molecule has 0 bridgehead atoms. The molecule has 0 atom stereocenters. The van der Waals surface area contributed by atoms with Gasteiger partial charge in [-0.15, -0.1) is 11.8 Å². The molecule has 402 valence electrons. The van der Waals surface area contributed by atoms with Gasteiger partial charge in [0, 0.05) is 72.6 Å². The third-order valence-corrected chi connectivity index (χ3v) is 12.1. The lowest BCUT2D eigenvalue weighted by atomic mass is 10.2. The van der Waals surface area contributed by atoms with Gasteiger partial charge in [-0.1, -0.05) is 68.3 Å². The Hall–Kier alpha value is -6.48. The van der Waals surface area contributed by atoms with Gasteiger partial charge in [0.15, 0.2) is 58.2 Å². The van der Waals surface area contributed by atoms with E-state index in [0.29, 0.717) is 27.3 Å². The van der Waals surface area contributed by atoms with E-state index in [4.69, 9.17) is 20.9 Å².